The molecule has 0 saturated heterocycles. The van der Waals surface area contributed by atoms with Crippen LogP contribution in [-0.4, -0.2) is 16.2 Å². The Hall–Kier alpha value is -1.51. The first kappa shape index (κ1) is 10.6. The van der Waals surface area contributed by atoms with Gasteiger partial charge in [0.05, 0.1) is 11.7 Å². The Bertz CT molecular complexity index is 499. The molecule has 2 N–H and O–H groups in total. The summed E-state index contributed by atoms with van der Waals surface area (Å²) >= 11 is 0. The molecular weight excluding hydrogens is 210 g/mol. The van der Waals surface area contributed by atoms with E-state index in [1.54, 1.807) is 0 Å². The van der Waals surface area contributed by atoms with E-state index in [1.165, 1.54) is 36.8 Å². The third-order valence-electron chi connectivity index (χ3n) is 3.56. The molecule has 1 heterocycles. The van der Waals surface area contributed by atoms with Gasteiger partial charge in [-0.25, -0.2) is 0 Å². The van der Waals surface area contributed by atoms with E-state index in [0.717, 1.165) is 11.4 Å². The highest BCUT2D eigenvalue weighted by Gasteiger charge is 2.21. The molecule has 1 aliphatic carbocycles. The number of benzene rings is 1. The van der Waals surface area contributed by atoms with E-state index < -0.39 is 0 Å². The van der Waals surface area contributed by atoms with E-state index >= 15 is 0 Å². The van der Waals surface area contributed by atoms with Crippen molar-refractivity contribution in [2.24, 2.45) is 5.92 Å². The zero-order valence-corrected chi connectivity index (χ0v) is 10.2. The molecule has 0 bridgehead atoms. The molecule has 3 nitrogen and oxygen atoms in total. The molecule has 90 valence electrons. The van der Waals surface area contributed by atoms with Gasteiger partial charge in [-0.2, -0.15) is 5.10 Å². The zero-order valence-electron chi connectivity index (χ0n) is 10.2. The number of hydrogen-bond donors (Lipinski definition) is 2. The van der Waals surface area contributed by atoms with Crippen LogP contribution in [0.2, 0.25) is 0 Å². The van der Waals surface area contributed by atoms with E-state index in [0.29, 0.717) is 6.04 Å². The lowest BCUT2D eigenvalue weighted by Gasteiger charge is -2.15. The van der Waals surface area contributed by atoms with Crippen LogP contribution in [0.3, 0.4) is 0 Å². The summed E-state index contributed by atoms with van der Waals surface area (Å²) in [7, 11) is 0. The predicted molar refractivity (Wildman–Crippen MR) is 71.1 cm³/mol. The molecule has 0 aliphatic heterocycles. The van der Waals surface area contributed by atoms with Gasteiger partial charge in [-0.05, 0) is 43.9 Å². The Morgan fingerprint density at radius 1 is 1.47 bits per heavy atom. The van der Waals surface area contributed by atoms with Crippen molar-refractivity contribution in [1.82, 2.24) is 10.2 Å². The minimum absolute atomic E-state index is 0.556. The minimum Gasteiger partial charge on any atom is -0.383 e. The second kappa shape index (κ2) is 4.40. The molecule has 3 rings (SSSR count). The van der Waals surface area contributed by atoms with Gasteiger partial charge >= 0.3 is 0 Å². The van der Waals surface area contributed by atoms with Gasteiger partial charge in [0.1, 0.15) is 0 Å². The Balaban J connectivity index is 1.62. The first-order valence-electron chi connectivity index (χ1n) is 6.51. The topological polar surface area (TPSA) is 40.7 Å². The largest absolute Gasteiger partial charge is 0.383 e. The van der Waals surface area contributed by atoms with Gasteiger partial charge in [-0.1, -0.05) is 12.8 Å². The van der Waals surface area contributed by atoms with Crippen molar-refractivity contribution in [2.45, 2.75) is 38.6 Å². The highest BCUT2D eigenvalue weighted by Crippen LogP contribution is 2.34. The van der Waals surface area contributed by atoms with Gasteiger partial charge < -0.3 is 5.32 Å². The molecule has 1 aromatic carbocycles. The highest BCUT2D eigenvalue weighted by atomic mass is 15.1. The second-order valence-electron chi connectivity index (χ2n) is 5.24. The van der Waals surface area contributed by atoms with E-state index in [1.807, 2.05) is 6.20 Å². The second-order valence-corrected chi connectivity index (χ2v) is 5.24. The molecule has 0 amide bonds. The number of hydrogen-bond acceptors (Lipinski definition) is 2. The molecule has 0 radical (unpaired) electrons. The number of nitrogens with one attached hydrogen (secondary N) is 2. The highest BCUT2D eigenvalue weighted by molar-refractivity contribution is 5.81. The summed E-state index contributed by atoms with van der Waals surface area (Å²) < 4.78 is 0. The molecule has 1 saturated carbocycles. The summed E-state index contributed by atoms with van der Waals surface area (Å²) in [5, 5.41) is 11.7. The summed E-state index contributed by atoms with van der Waals surface area (Å²) in [4.78, 5) is 0. The van der Waals surface area contributed by atoms with Crippen LogP contribution in [0.4, 0.5) is 5.69 Å². The van der Waals surface area contributed by atoms with E-state index in [-0.39, 0.29) is 0 Å². The smallest absolute Gasteiger partial charge is 0.0651 e. The van der Waals surface area contributed by atoms with Crippen LogP contribution in [0, 0.1) is 5.92 Å². The molecule has 2 aromatic rings. The maximum atomic E-state index is 4.04. The van der Waals surface area contributed by atoms with Crippen molar-refractivity contribution in [1.29, 1.82) is 0 Å². The SMILES string of the molecule is C[C@@H](CCC1CC1)Nc1ccc2[nH]ncc2c1. The average Bonchev–Trinajstić information content (AvgIpc) is 3.04. The van der Waals surface area contributed by atoms with Gasteiger partial charge in [0.2, 0.25) is 0 Å². The quantitative estimate of drug-likeness (QED) is 0.823. The van der Waals surface area contributed by atoms with Crippen molar-refractivity contribution in [2.75, 3.05) is 5.32 Å². The third-order valence-corrected chi connectivity index (χ3v) is 3.56. The lowest BCUT2D eigenvalue weighted by Crippen LogP contribution is -2.14. The number of aromatic amines is 1. The van der Waals surface area contributed by atoms with Crippen LogP contribution < -0.4 is 5.32 Å². The van der Waals surface area contributed by atoms with E-state index in [2.05, 4.69) is 40.6 Å². The first-order chi connectivity index (χ1) is 8.31. The molecule has 0 unspecified atom stereocenters. The zero-order chi connectivity index (χ0) is 11.7. The van der Waals surface area contributed by atoms with Crippen molar-refractivity contribution in [3.63, 3.8) is 0 Å². The van der Waals surface area contributed by atoms with Gasteiger partial charge in [0.15, 0.2) is 0 Å². The number of nitrogens with zero attached hydrogens (tertiary/aromatic N) is 1. The fourth-order valence-electron chi connectivity index (χ4n) is 2.28. The van der Waals surface area contributed by atoms with Crippen molar-refractivity contribution < 1.29 is 0 Å². The Labute approximate surface area is 102 Å². The maximum absolute atomic E-state index is 4.04. The monoisotopic (exact) mass is 229 g/mol. The van der Waals surface area contributed by atoms with Crippen LogP contribution in [0.5, 0.6) is 0 Å². The van der Waals surface area contributed by atoms with Crippen LogP contribution in [0.25, 0.3) is 10.9 Å². The summed E-state index contributed by atoms with van der Waals surface area (Å²) in [6, 6.07) is 6.92. The lowest BCUT2D eigenvalue weighted by atomic mass is 10.1. The maximum Gasteiger partial charge on any atom is 0.0651 e. The number of H-pyrrole nitrogens is 1. The predicted octanol–water partition coefficient (Wildman–Crippen LogP) is 3.55. The molecule has 1 aromatic heterocycles. The fourth-order valence-corrected chi connectivity index (χ4v) is 2.28. The van der Waals surface area contributed by atoms with Gasteiger partial charge in [0.25, 0.3) is 0 Å². The molecule has 1 atom stereocenters. The molecule has 0 spiro atoms. The minimum atomic E-state index is 0.556. The van der Waals surface area contributed by atoms with E-state index in [4.69, 9.17) is 0 Å². The summed E-state index contributed by atoms with van der Waals surface area (Å²) in [6.07, 6.45) is 7.42. The summed E-state index contributed by atoms with van der Waals surface area (Å²) in [5.74, 6) is 1.02. The van der Waals surface area contributed by atoms with Gasteiger partial charge in [-0.3, -0.25) is 5.10 Å². The molecule has 3 heteroatoms. The van der Waals surface area contributed by atoms with E-state index in [9.17, 15) is 0 Å². The number of anilines is 1. The number of fused-ring (bicyclic) bond motifs is 1. The fraction of sp³-hybridized carbons (Fsp3) is 0.500. The number of rotatable bonds is 5. The molecule has 17 heavy (non-hydrogen) atoms. The first-order valence-corrected chi connectivity index (χ1v) is 6.51. The van der Waals surface area contributed by atoms with Crippen LogP contribution in [-0.2, 0) is 0 Å². The molecular formula is C14H19N3. The summed E-state index contributed by atoms with van der Waals surface area (Å²) in [5.41, 5.74) is 2.29. The average molecular weight is 229 g/mol. The Morgan fingerprint density at radius 3 is 3.18 bits per heavy atom. The Kier molecular flexibility index (Phi) is 2.75. The number of aromatic nitrogens is 2. The Morgan fingerprint density at radius 2 is 2.35 bits per heavy atom. The van der Waals surface area contributed by atoms with Crippen LogP contribution in [0.1, 0.15) is 32.6 Å². The van der Waals surface area contributed by atoms with Crippen LogP contribution in [0.15, 0.2) is 24.4 Å². The van der Waals surface area contributed by atoms with Crippen molar-refractivity contribution >= 4 is 16.6 Å². The molecule has 1 fully saturated rings. The van der Waals surface area contributed by atoms with Gasteiger partial charge in [-0.15, -0.1) is 0 Å². The standard InChI is InChI=1S/C14H19N3/c1-10(2-3-11-4-5-11)16-13-6-7-14-12(8-13)9-15-17-14/h6-11,16H,2-5H2,1H3,(H,15,17)/t10-/m0/s1. The normalized spacial score (nSPS) is 17.2. The van der Waals surface area contributed by atoms with Crippen molar-refractivity contribution in [3.05, 3.63) is 24.4 Å². The molecule has 1 aliphatic rings. The summed E-state index contributed by atoms with van der Waals surface area (Å²) in [6.45, 7) is 2.27. The van der Waals surface area contributed by atoms with Crippen LogP contribution >= 0.6 is 0 Å². The van der Waals surface area contributed by atoms with Gasteiger partial charge in [0, 0.05) is 17.1 Å². The third kappa shape index (κ3) is 2.60. The van der Waals surface area contributed by atoms with Crippen molar-refractivity contribution in [3.8, 4) is 0 Å². The lowest BCUT2D eigenvalue weighted by molar-refractivity contribution is 0.610.